The molecular formula is C20H30N4O4S2. The van der Waals surface area contributed by atoms with Crippen LogP contribution < -0.4 is 10.0 Å². The molecule has 30 heavy (non-hydrogen) atoms. The molecule has 10 heteroatoms. The van der Waals surface area contributed by atoms with E-state index in [1.807, 2.05) is 39.8 Å². The Balaban J connectivity index is 2.10. The fraction of sp³-hybridized carbons (Fsp3) is 0.450. The maximum atomic E-state index is 12.9. The third kappa shape index (κ3) is 6.24. The third-order valence-corrected chi connectivity index (χ3v) is 8.03. The molecule has 0 aliphatic rings. The van der Waals surface area contributed by atoms with Crippen LogP contribution in [0.4, 0.5) is 5.82 Å². The van der Waals surface area contributed by atoms with E-state index in [1.54, 1.807) is 24.3 Å². The zero-order valence-electron chi connectivity index (χ0n) is 18.0. The van der Waals surface area contributed by atoms with Gasteiger partial charge in [-0.05, 0) is 58.0 Å². The van der Waals surface area contributed by atoms with Crippen molar-refractivity contribution in [2.45, 2.75) is 57.0 Å². The summed E-state index contributed by atoms with van der Waals surface area (Å²) in [6.07, 6.45) is 1.35. The highest BCUT2D eigenvalue weighted by molar-refractivity contribution is 7.89. The van der Waals surface area contributed by atoms with Crippen molar-refractivity contribution in [3.05, 3.63) is 53.7 Å². The second-order valence-corrected chi connectivity index (χ2v) is 11.3. The van der Waals surface area contributed by atoms with Crippen molar-refractivity contribution in [2.24, 2.45) is 0 Å². The maximum absolute atomic E-state index is 12.9. The van der Waals surface area contributed by atoms with Crippen LogP contribution in [0.15, 0.2) is 47.5 Å². The number of nitrogens with zero attached hydrogens (tertiary/aromatic N) is 2. The van der Waals surface area contributed by atoms with Crippen LogP contribution in [0.1, 0.15) is 38.8 Å². The summed E-state index contributed by atoms with van der Waals surface area (Å²) in [5.74, 6) is 0.438. The molecule has 0 saturated heterocycles. The number of pyridine rings is 1. The number of hydrogen-bond acceptors (Lipinski definition) is 6. The Morgan fingerprint density at radius 3 is 2.13 bits per heavy atom. The number of sulfonamides is 2. The largest absolute Gasteiger partial charge is 0.366 e. The number of aromatic nitrogens is 1. The lowest BCUT2D eigenvalue weighted by Gasteiger charge is -2.29. The van der Waals surface area contributed by atoms with Crippen LogP contribution in [0.3, 0.4) is 0 Å². The first-order valence-corrected chi connectivity index (χ1v) is 12.8. The number of anilines is 1. The second kappa shape index (κ2) is 9.86. The summed E-state index contributed by atoms with van der Waals surface area (Å²) in [6, 6.07) is 10.1. The Bertz CT molecular complexity index is 1040. The molecule has 0 unspecified atom stereocenters. The fourth-order valence-corrected chi connectivity index (χ4v) is 5.77. The minimum absolute atomic E-state index is 0.0929. The average molecular weight is 455 g/mol. The lowest BCUT2D eigenvalue weighted by molar-refractivity contribution is 0.302. The normalized spacial score (nSPS) is 12.7. The quantitative estimate of drug-likeness (QED) is 0.571. The topological polar surface area (TPSA) is 108 Å². The van der Waals surface area contributed by atoms with Crippen LogP contribution in [0.25, 0.3) is 0 Å². The second-order valence-electron chi connectivity index (χ2n) is 7.54. The molecule has 0 radical (unpaired) electrons. The zero-order chi connectivity index (χ0) is 22.5. The Morgan fingerprint density at radius 1 is 0.967 bits per heavy atom. The van der Waals surface area contributed by atoms with Gasteiger partial charge in [0.25, 0.3) is 0 Å². The SMILES string of the molecule is CNS(=O)(=O)Cc1cccc(CNc2ccc(S(=O)(=O)N(C(C)C)C(C)C)cn2)c1. The first-order valence-electron chi connectivity index (χ1n) is 9.69. The molecule has 2 rings (SSSR count). The molecule has 1 heterocycles. The summed E-state index contributed by atoms with van der Waals surface area (Å²) in [7, 11) is -5.58. The van der Waals surface area contributed by atoms with Gasteiger partial charge < -0.3 is 5.32 Å². The van der Waals surface area contributed by atoms with Gasteiger partial charge in [0, 0.05) is 24.8 Å². The minimum atomic E-state index is -3.63. The highest BCUT2D eigenvalue weighted by Crippen LogP contribution is 2.21. The van der Waals surface area contributed by atoms with E-state index in [9.17, 15) is 16.8 Å². The van der Waals surface area contributed by atoms with Gasteiger partial charge in [-0.25, -0.2) is 26.5 Å². The van der Waals surface area contributed by atoms with Crippen molar-refractivity contribution in [1.82, 2.24) is 14.0 Å². The van der Waals surface area contributed by atoms with E-state index in [1.165, 1.54) is 17.5 Å². The summed E-state index contributed by atoms with van der Waals surface area (Å²) in [5.41, 5.74) is 1.57. The molecule has 0 amide bonds. The van der Waals surface area contributed by atoms with Gasteiger partial charge >= 0.3 is 0 Å². The first kappa shape index (κ1) is 24.3. The van der Waals surface area contributed by atoms with Gasteiger partial charge in [0.05, 0.1) is 5.75 Å². The van der Waals surface area contributed by atoms with Crippen molar-refractivity contribution < 1.29 is 16.8 Å². The molecule has 0 bridgehead atoms. The Kier molecular flexibility index (Phi) is 7.98. The Hall–Kier alpha value is -2.01. The predicted molar refractivity (Wildman–Crippen MR) is 119 cm³/mol. The third-order valence-electron chi connectivity index (χ3n) is 4.46. The van der Waals surface area contributed by atoms with Gasteiger partial charge in [0.1, 0.15) is 10.7 Å². The number of nitrogens with one attached hydrogen (secondary N) is 2. The molecule has 0 fully saturated rings. The van der Waals surface area contributed by atoms with Crippen molar-refractivity contribution in [3.63, 3.8) is 0 Å². The van der Waals surface area contributed by atoms with Crippen LogP contribution in [-0.4, -0.2) is 45.3 Å². The molecule has 2 aromatic rings. The van der Waals surface area contributed by atoms with Gasteiger partial charge in [0.15, 0.2) is 0 Å². The highest BCUT2D eigenvalue weighted by atomic mass is 32.2. The summed E-state index contributed by atoms with van der Waals surface area (Å²) in [4.78, 5) is 4.38. The lowest BCUT2D eigenvalue weighted by Crippen LogP contribution is -2.41. The molecule has 0 saturated carbocycles. The van der Waals surface area contributed by atoms with E-state index in [0.29, 0.717) is 17.9 Å². The number of hydrogen-bond donors (Lipinski definition) is 2. The molecule has 2 N–H and O–H groups in total. The Labute approximate surface area is 179 Å². The lowest BCUT2D eigenvalue weighted by atomic mass is 10.1. The van der Waals surface area contributed by atoms with Crippen LogP contribution >= 0.6 is 0 Å². The Morgan fingerprint density at radius 2 is 1.60 bits per heavy atom. The van der Waals surface area contributed by atoms with E-state index >= 15 is 0 Å². The molecule has 0 aliphatic heterocycles. The molecular weight excluding hydrogens is 424 g/mol. The van der Waals surface area contributed by atoms with E-state index in [-0.39, 0.29) is 22.7 Å². The van der Waals surface area contributed by atoms with E-state index < -0.39 is 20.0 Å². The molecule has 0 aliphatic carbocycles. The van der Waals surface area contributed by atoms with Crippen LogP contribution in [0, 0.1) is 0 Å². The van der Waals surface area contributed by atoms with Crippen LogP contribution in [0.5, 0.6) is 0 Å². The van der Waals surface area contributed by atoms with Crippen LogP contribution in [0.2, 0.25) is 0 Å². The molecule has 1 aromatic heterocycles. The van der Waals surface area contributed by atoms with Gasteiger partial charge in [0.2, 0.25) is 20.0 Å². The zero-order valence-corrected chi connectivity index (χ0v) is 19.6. The summed E-state index contributed by atoms with van der Waals surface area (Å²) in [6.45, 7) is 7.80. The van der Waals surface area contributed by atoms with Gasteiger partial charge in [-0.3, -0.25) is 0 Å². The standard InChI is InChI=1S/C20H30N4O4S2/c1-15(2)24(16(3)4)30(27,28)19-9-10-20(23-13-19)22-12-17-7-6-8-18(11-17)14-29(25,26)21-5/h6-11,13,15-16,21H,12,14H2,1-5H3,(H,22,23). The monoisotopic (exact) mass is 454 g/mol. The molecule has 0 atom stereocenters. The maximum Gasteiger partial charge on any atom is 0.245 e. The summed E-state index contributed by atoms with van der Waals surface area (Å²) in [5, 5.41) is 3.13. The average Bonchev–Trinajstić information content (AvgIpc) is 2.66. The summed E-state index contributed by atoms with van der Waals surface area (Å²) < 4.78 is 53.0. The van der Waals surface area contributed by atoms with E-state index in [2.05, 4.69) is 15.0 Å². The van der Waals surface area contributed by atoms with Crippen molar-refractivity contribution in [2.75, 3.05) is 12.4 Å². The highest BCUT2D eigenvalue weighted by Gasteiger charge is 2.29. The van der Waals surface area contributed by atoms with Crippen molar-refractivity contribution in [3.8, 4) is 0 Å². The summed E-state index contributed by atoms with van der Waals surface area (Å²) >= 11 is 0. The van der Waals surface area contributed by atoms with Crippen LogP contribution in [-0.2, 0) is 32.3 Å². The fourth-order valence-electron chi connectivity index (χ4n) is 3.22. The van der Waals surface area contributed by atoms with E-state index in [4.69, 9.17) is 0 Å². The number of benzene rings is 1. The van der Waals surface area contributed by atoms with Gasteiger partial charge in [-0.2, -0.15) is 4.31 Å². The predicted octanol–water partition coefficient (Wildman–Crippen LogP) is 2.55. The molecule has 0 spiro atoms. The van der Waals surface area contributed by atoms with Crippen molar-refractivity contribution in [1.29, 1.82) is 0 Å². The smallest absolute Gasteiger partial charge is 0.245 e. The molecule has 166 valence electrons. The number of rotatable bonds is 10. The van der Waals surface area contributed by atoms with Gasteiger partial charge in [-0.1, -0.05) is 24.3 Å². The van der Waals surface area contributed by atoms with Crippen molar-refractivity contribution >= 4 is 25.9 Å². The van der Waals surface area contributed by atoms with E-state index in [0.717, 1.165) is 5.56 Å². The first-order chi connectivity index (χ1) is 14.0. The minimum Gasteiger partial charge on any atom is -0.366 e. The molecule has 1 aromatic carbocycles. The molecule has 8 nitrogen and oxygen atoms in total. The van der Waals surface area contributed by atoms with Gasteiger partial charge in [-0.15, -0.1) is 0 Å².